The fraction of sp³-hybridized carbons (Fsp3) is 0.750. The first-order valence-electron chi connectivity index (χ1n) is 12.1. The molecule has 0 bridgehead atoms. The number of unbranched alkanes of at least 4 members (excludes halogenated alkanes) is 10. The number of hydrogen-bond acceptors (Lipinski definition) is 3. The summed E-state index contributed by atoms with van der Waals surface area (Å²) < 4.78 is 40.7. The molecular formula is C24H39F3N4. The molecule has 2 aromatic rings. The molecule has 0 aliphatic carbocycles. The second-order valence-corrected chi connectivity index (χ2v) is 8.59. The summed E-state index contributed by atoms with van der Waals surface area (Å²) in [5, 5.41) is 8.15. The standard InChI is InChI=1S/C24H39F3N4/c1-3-5-7-9-11-13-17-30(18-14-12-10-8-6-4-2)20-31-23-16-15-21(24(25,26)27)19-22(23)28-29-31/h15-16,19H,3-14,17-18,20H2,1-2H3. The lowest BCUT2D eigenvalue weighted by Gasteiger charge is -2.22. The second kappa shape index (κ2) is 13.7. The maximum absolute atomic E-state index is 13.0. The van der Waals surface area contributed by atoms with Gasteiger partial charge in [-0.05, 0) is 44.1 Å². The Bertz CT molecular complexity index is 726. The number of nitrogens with zero attached hydrogens (tertiary/aromatic N) is 4. The normalized spacial score (nSPS) is 12.3. The van der Waals surface area contributed by atoms with Gasteiger partial charge in [0, 0.05) is 0 Å². The Morgan fingerprint density at radius 1 is 0.806 bits per heavy atom. The van der Waals surface area contributed by atoms with Gasteiger partial charge in [-0.15, -0.1) is 5.10 Å². The molecule has 0 atom stereocenters. The van der Waals surface area contributed by atoms with Crippen molar-refractivity contribution in [3.8, 4) is 0 Å². The maximum atomic E-state index is 13.0. The highest BCUT2D eigenvalue weighted by Gasteiger charge is 2.31. The number of fused-ring (bicyclic) bond motifs is 1. The largest absolute Gasteiger partial charge is 0.416 e. The van der Waals surface area contributed by atoms with Gasteiger partial charge in [0.2, 0.25) is 0 Å². The van der Waals surface area contributed by atoms with Crippen molar-refractivity contribution in [2.45, 2.75) is 104 Å². The third-order valence-electron chi connectivity index (χ3n) is 5.83. The van der Waals surface area contributed by atoms with Crippen LogP contribution in [0.5, 0.6) is 0 Å². The molecule has 7 heteroatoms. The minimum absolute atomic E-state index is 0.300. The maximum Gasteiger partial charge on any atom is 0.416 e. The van der Waals surface area contributed by atoms with Gasteiger partial charge in [0.1, 0.15) is 5.52 Å². The van der Waals surface area contributed by atoms with Crippen LogP contribution in [0, 0.1) is 0 Å². The number of halogens is 3. The van der Waals surface area contributed by atoms with Crippen LogP contribution < -0.4 is 0 Å². The topological polar surface area (TPSA) is 34.0 Å². The fourth-order valence-electron chi connectivity index (χ4n) is 3.93. The van der Waals surface area contributed by atoms with Crippen LogP contribution in [0.2, 0.25) is 0 Å². The van der Waals surface area contributed by atoms with Crippen LogP contribution in [-0.2, 0) is 12.8 Å². The molecular weight excluding hydrogens is 401 g/mol. The minimum Gasteiger partial charge on any atom is -0.284 e. The van der Waals surface area contributed by atoms with E-state index >= 15 is 0 Å². The summed E-state index contributed by atoms with van der Waals surface area (Å²) in [5.41, 5.74) is 0.279. The van der Waals surface area contributed by atoms with Crippen molar-refractivity contribution in [1.82, 2.24) is 19.9 Å². The monoisotopic (exact) mass is 440 g/mol. The number of hydrogen-bond donors (Lipinski definition) is 0. The van der Waals surface area contributed by atoms with E-state index in [2.05, 4.69) is 29.1 Å². The first-order valence-corrected chi connectivity index (χ1v) is 12.1. The van der Waals surface area contributed by atoms with Crippen LogP contribution in [0.3, 0.4) is 0 Å². The third-order valence-corrected chi connectivity index (χ3v) is 5.83. The highest BCUT2D eigenvalue weighted by molar-refractivity contribution is 5.75. The van der Waals surface area contributed by atoms with Gasteiger partial charge in [-0.1, -0.05) is 83.3 Å². The number of benzene rings is 1. The summed E-state index contributed by atoms with van der Waals surface area (Å²) in [6, 6.07) is 3.70. The van der Waals surface area contributed by atoms with Gasteiger partial charge in [0.05, 0.1) is 17.7 Å². The Kier molecular flexibility index (Phi) is 11.3. The zero-order valence-electron chi connectivity index (χ0n) is 19.3. The van der Waals surface area contributed by atoms with E-state index in [1.54, 1.807) is 4.68 Å². The Morgan fingerprint density at radius 3 is 1.90 bits per heavy atom. The van der Waals surface area contributed by atoms with Crippen molar-refractivity contribution in [1.29, 1.82) is 0 Å². The molecule has 0 amide bonds. The number of rotatable bonds is 16. The van der Waals surface area contributed by atoms with Crippen LogP contribution >= 0.6 is 0 Å². The van der Waals surface area contributed by atoms with E-state index < -0.39 is 11.7 Å². The van der Waals surface area contributed by atoms with E-state index in [4.69, 9.17) is 0 Å². The SMILES string of the molecule is CCCCCCCCN(CCCCCCCC)Cn1nnc2cc(C(F)(F)F)ccc21. The Morgan fingerprint density at radius 2 is 1.35 bits per heavy atom. The first kappa shape index (κ1) is 25.6. The van der Waals surface area contributed by atoms with E-state index in [0.29, 0.717) is 17.7 Å². The lowest BCUT2D eigenvalue weighted by atomic mass is 10.1. The van der Waals surface area contributed by atoms with E-state index in [0.717, 1.165) is 38.1 Å². The van der Waals surface area contributed by atoms with Gasteiger partial charge in [0.15, 0.2) is 0 Å². The van der Waals surface area contributed by atoms with E-state index in [9.17, 15) is 13.2 Å². The lowest BCUT2D eigenvalue weighted by molar-refractivity contribution is -0.137. The predicted octanol–water partition coefficient (Wildman–Crippen LogP) is 7.43. The predicted molar refractivity (Wildman–Crippen MR) is 121 cm³/mol. The van der Waals surface area contributed by atoms with Crippen LogP contribution in [0.25, 0.3) is 11.0 Å². The summed E-state index contributed by atoms with van der Waals surface area (Å²) in [5.74, 6) is 0. The molecule has 0 saturated heterocycles. The van der Waals surface area contributed by atoms with Crippen LogP contribution in [-0.4, -0.2) is 33.0 Å². The molecule has 176 valence electrons. The zero-order valence-corrected chi connectivity index (χ0v) is 19.3. The van der Waals surface area contributed by atoms with Crippen LogP contribution in [0.15, 0.2) is 18.2 Å². The fourth-order valence-corrected chi connectivity index (χ4v) is 3.93. The van der Waals surface area contributed by atoms with Crippen LogP contribution in [0.4, 0.5) is 13.2 Å². The molecule has 0 aliphatic heterocycles. The summed E-state index contributed by atoms with van der Waals surface area (Å²) in [4.78, 5) is 2.38. The van der Waals surface area contributed by atoms with Gasteiger partial charge in [0.25, 0.3) is 0 Å². The van der Waals surface area contributed by atoms with Gasteiger partial charge in [-0.2, -0.15) is 13.2 Å². The Labute approximate surface area is 185 Å². The lowest BCUT2D eigenvalue weighted by Crippen LogP contribution is -2.29. The molecule has 0 spiro atoms. The quantitative estimate of drug-likeness (QED) is 0.255. The first-order chi connectivity index (χ1) is 15.0. The Hall–Kier alpha value is -1.63. The number of aromatic nitrogens is 3. The molecule has 0 N–H and O–H groups in total. The third kappa shape index (κ3) is 9.17. The summed E-state index contributed by atoms with van der Waals surface area (Å²) in [6.45, 7) is 7.00. The highest BCUT2D eigenvalue weighted by atomic mass is 19.4. The van der Waals surface area contributed by atoms with Gasteiger partial charge in [-0.3, -0.25) is 4.90 Å². The Balaban J connectivity index is 1.94. The molecule has 0 unspecified atom stereocenters. The van der Waals surface area contributed by atoms with Crippen molar-refractivity contribution in [2.75, 3.05) is 13.1 Å². The smallest absolute Gasteiger partial charge is 0.284 e. The molecule has 31 heavy (non-hydrogen) atoms. The molecule has 4 nitrogen and oxygen atoms in total. The number of alkyl halides is 3. The van der Waals surface area contributed by atoms with Crippen molar-refractivity contribution < 1.29 is 13.2 Å². The highest BCUT2D eigenvalue weighted by Crippen LogP contribution is 2.30. The van der Waals surface area contributed by atoms with Crippen molar-refractivity contribution in [2.24, 2.45) is 0 Å². The zero-order chi connectivity index (χ0) is 22.5. The molecule has 2 rings (SSSR count). The van der Waals surface area contributed by atoms with E-state index in [1.165, 1.54) is 70.3 Å². The molecule has 0 aliphatic rings. The van der Waals surface area contributed by atoms with Gasteiger partial charge < -0.3 is 0 Å². The summed E-state index contributed by atoms with van der Waals surface area (Å²) >= 11 is 0. The van der Waals surface area contributed by atoms with Crippen molar-refractivity contribution in [3.63, 3.8) is 0 Å². The molecule has 1 aromatic heterocycles. The minimum atomic E-state index is -4.36. The molecule has 0 fully saturated rings. The molecule has 0 saturated carbocycles. The van der Waals surface area contributed by atoms with Gasteiger partial charge in [-0.25, -0.2) is 4.68 Å². The van der Waals surface area contributed by atoms with Crippen molar-refractivity contribution >= 4 is 11.0 Å². The van der Waals surface area contributed by atoms with Crippen LogP contribution in [0.1, 0.15) is 96.5 Å². The average molecular weight is 441 g/mol. The van der Waals surface area contributed by atoms with Crippen molar-refractivity contribution in [3.05, 3.63) is 23.8 Å². The molecule has 0 radical (unpaired) electrons. The molecule has 1 heterocycles. The summed E-state index contributed by atoms with van der Waals surface area (Å²) in [7, 11) is 0. The van der Waals surface area contributed by atoms with E-state index in [1.807, 2.05) is 0 Å². The summed E-state index contributed by atoms with van der Waals surface area (Å²) in [6.07, 6.45) is 10.6. The van der Waals surface area contributed by atoms with E-state index in [-0.39, 0.29) is 0 Å². The molecule has 1 aromatic carbocycles. The second-order valence-electron chi connectivity index (χ2n) is 8.59. The average Bonchev–Trinajstić information content (AvgIpc) is 3.14. The van der Waals surface area contributed by atoms with Gasteiger partial charge >= 0.3 is 6.18 Å².